The van der Waals surface area contributed by atoms with Crippen molar-refractivity contribution in [3.05, 3.63) is 16.0 Å². The highest BCUT2D eigenvalue weighted by Gasteiger charge is 2.26. The second-order valence-electron chi connectivity index (χ2n) is 3.50. The zero-order chi connectivity index (χ0) is 11.7. The van der Waals surface area contributed by atoms with Crippen LogP contribution in [0.25, 0.3) is 6.20 Å². The van der Waals surface area contributed by atoms with E-state index in [1.807, 2.05) is 6.92 Å². The minimum atomic E-state index is -1.13. The number of hydrogen-bond donors (Lipinski definition) is 1. The summed E-state index contributed by atoms with van der Waals surface area (Å²) in [6.07, 6.45) is 2.12. The largest absolute Gasteiger partial charge is 0.313 e. The lowest BCUT2D eigenvalue weighted by atomic mass is 10.2. The van der Waals surface area contributed by atoms with Gasteiger partial charge >= 0.3 is 0 Å². The fraction of sp³-hybridized carbons (Fsp3) is 0.400. The first-order valence-corrected chi connectivity index (χ1v) is 5.78. The Morgan fingerprint density at radius 2 is 2.56 bits per heavy atom. The first-order valence-electron chi connectivity index (χ1n) is 4.98. The molecule has 0 aromatic carbocycles. The van der Waals surface area contributed by atoms with Gasteiger partial charge in [0.25, 0.3) is 0 Å². The lowest BCUT2D eigenvalue weighted by Gasteiger charge is -2.15. The molecule has 1 unspecified atom stereocenters. The number of allylic oxidation sites excluding steroid dienone is 1. The second kappa shape index (κ2) is 4.37. The highest BCUT2D eigenvalue weighted by Crippen LogP contribution is 2.36. The average Bonchev–Trinajstić information content (AvgIpc) is 2.58. The molecular weight excluding hydrogens is 277 g/mol. The van der Waals surface area contributed by atoms with Crippen LogP contribution >= 0.6 is 15.9 Å². The van der Waals surface area contributed by atoms with Crippen molar-refractivity contribution < 1.29 is 9.18 Å². The molecule has 1 N–H and O–H groups in total. The first-order chi connectivity index (χ1) is 7.67. The number of rotatable bonds is 3. The van der Waals surface area contributed by atoms with E-state index >= 15 is 0 Å². The van der Waals surface area contributed by atoms with Crippen LogP contribution in [-0.4, -0.2) is 16.0 Å². The third-order valence-corrected chi connectivity index (χ3v) is 2.99. The molecule has 0 aliphatic carbocycles. The molecule has 1 atom stereocenters. The third kappa shape index (κ3) is 1.77. The van der Waals surface area contributed by atoms with Crippen molar-refractivity contribution in [1.82, 2.24) is 9.55 Å². The summed E-state index contributed by atoms with van der Waals surface area (Å²) in [4.78, 5) is 14.7. The van der Waals surface area contributed by atoms with Crippen molar-refractivity contribution in [2.45, 2.75) is 25.9 Å². The van der Waals surface area contributed by atoms with Gasteiger partial charge < -0.3 is 5.32 Å². The van der Waals surface area contributed by atoms with Gasteiger partial charge in [0.15, 0.2) is 6.17 Å². The Bertz CT molecular complexity index is 455. The number of fused-ring (bicyclic) bond motifs is 1. The Morgan fingerprint density at radius 3 is 3.19 bits per heavy atom. The van der Waals surface area contributed by atoms with E-state index in [-0.39, 0.29) is 0 Å². The van der Waals surface area contributed by atoms with Gasteiger partial charge in [0.2, 0.25) is 6.41 Å². The number of hydrogen-bond acceptors (Lipinski definition) is 2. The van der Waals surface area contributed by atoms with Crippen LogP contribution in [0.2, 0.25) is 0 Å². The quantitative estimate of drug-likeness (QED) is 0.869. The van der Waals surface area contributed by atoms with Crippen LogP contribution in [0.15, 0.2) is 4.48 Å². The fourth-order valence-corrected chi connectivity index (χ4v) is 2.25. The number of carbonyl (C=O) groups excluding carboxylic acids is 1. The molecule has 4 nitrogen and oxygen atoms in total. The van der Waals surface area contributed by atoms with E-state index in [4.69, 9.17) is 0 Å². The number of imidazole rings is 1. The van der Waals surface area contributed by atoms with Crippen LogP contribution in [0, 0.1) is 0 Å². The van der Waals surface area contributed by atoms with Gasteiger partial charge in [0, 0.05) is 17.1 Å². The van der Waals surface area contributed by atoms with Gasteiger partial charge in [0.1, 0.15) is 11.6 Å². The number of aryl methyl sites for hydroxylation is 1. The Labute approximate surface area is 101 Å². The summed E-state index contributed by atoms with van der Waals surface area (Å²) in [6, 6.07) is 0. The maximum atomic E-state index is 13.7. The number of nitrogens with one attached hydrogen (secondary N) is 1. The van der Waals surface area contributed by atoms with Crippen LogP contribution < -0.4 is 5.32 Å². The lowest BCUT2D eigenvalue weighted by Crippen LogP contribution is -2.09. The molecule has 86 valence electrons. The topological polar surface area (TPSA) is 46.9 Å². The monoisotopic (exact) mass is 287 g/mol. The molecule has 1 aromatic rings. The van der Waals surface area contributed by atoms with Crippen molar-refractivity contribution in [1.29, 1.82) is 0 Å². The molecule has 0 saturated carbocycles. The molecule has 0 fully saturated rings. The number of nitrogens with zero attached hydrogens (tertiary/aromatic N) is 2. The van der Waals surface area contributed by atoms with E-state index in [0.29, 0.717) is 36.6 Å². The van der Waals surface area contributed by atoms with Gasteiger partial charge in [-0.1, -0.05) is 22.9 Å². The summed E-state index contributed by atoms with van der Waals surface area (Å²) >= 11 is 3.27. The van der Waals surface area contributed by atoms with Crippen molar-refractivity contribution in [3.8, 4) is 0 Å². The third-order valence-electron chi connectivity index (χ3n) is 2.46. The maximum Gasteiger partial charge on any atom is 0.212 e. The van der Waals surface area contributed by atoms with Crippen molar-refractivity contribution in [2.24, 2.45) is 0 Å². The molecular formula is C10H11BrFN3O. The molecule has 0 bridgehead atoms. The molecule has 2 rings (SSSR count). The highest BCUT2D eigenvalue weighted by atomic mass is 79.9. The Hall–Kier alpha value is -1.17. The lowest BCUT2D eigenvalue weighted by molar-refractivity contribution is -0.105. The van der Waals surface area contributed by atoms with Crippen LogP contribution in [-0.2, 0) is 11.2 Å². The van der Waals surface area contributed by atoms with Crippen LogP contribution in [0.5, 0.6) is 0 Å². The highest BCUT2D eigenvalue weighted by molar-refractivity contribution is 9.11. The molecule has 0 saturated heterocycles. The van der Waals surface area contributed by atoms with E-state index < -0.39 is 6.17 Å². The van der Waals surface area contributed by atoms with Crippen molar-refractivity contribution >= 4 is 34.4 Å². The van der Waals surface area contributed by atoms with E-state index in [1.54, 1.807) is 10.8 Å². The van der Waals surface area contributed by atoms with Gasteiger partial charge in [-0.2, -0.15) is 0 Å². The molecule has 16 heavy (non-hydrogen) atoms. The standard InChI is InChI=1S/C10H11BrFN3O/c1-2-8-10(13-5-16)15-4-6(11)3-7(12)9(15)14-8/h4-5,7H,2-3H2,1H3,(H,13,16). The number of alkyl halides is 1. The van der Waals surface area contributed by atoms with Crippen molar-refractivity contribution in [2.75, 3.05) is 5.32 Å². The van der Waals surface area contributed by atoms with Gasteiger partial charge in [-0.05, 0) is 6.42 Å². The van der Waals surface area contributed by atoms with Gasteiger partial charge in [-0.3, -0.25) is 9.36 Å². The number of anilines is 1. The number of halogens is 2. The van der Waals surface area contributed by atoms with Gasteiger partial charge in [0.05, 0.1) is 5.69 Å². The Balaban J connectivity index is 2.56. The molecule has 1 amide bonds. The SMILES string of the molecule is CCc1nc2n(c1NC=O)C=C(Br)CC2F. The zero-order valence-corrected chi connectivity index (χ0v) is 10.3. The molecule has 1 aliphatic heterocycles. The minimum absolute atomic E-state index is 0.292. The summed E-state index contributed by atoms with van der Waals surface area (Å²) in [5, 5.41) is 2.56. The zero-order valence-electron chi connectivity index (χ0n) is 8.70. The van der Waals surface area contributed by atoms with E-state index in [2.05, 4.69) is 26.2 Å². The summed E-state index contributed by atoms with van der Waals surface area (Å²) in [7, 11) is 0. The molecule has 0 radical (unpaired) electrons. The molecule has 6 heteroatoms. The predicted octanol–water partition coefficient (Wildman–Crippen LogP) is 2.62. The summed E-state index contributed by atoms with van der Waals surface area (Å²) in [5.41, 5.74) is 0.697. The van der Waals surface area contributed by atoms with Crippen LogP contribution in [0.4, 0.5) is 10.2 Å². The summed E-state index contributed by atoms with van der Waals surface area (Å²) in [6.45, 7) is 1.91. The molecule has 0 spiro atoms. The van der Waals surface area contributed by atoms with Gasteiger partial charge in [-0.15, -0.1) is 0 Å². The van der Waals surface area contributed by atoms with E-state index in [1.165, 1.54) is 0 Å². The average molecular weight is 288 g/mol. The van der Waals surface area contributed by atoms with Crippen molar-refractivity contribution in [3.63, 3.8) is 0 Å². The number of amides is 1. The normalized spacial score (nSPS) is 18.9. The predicted molar refractivity (Wildman–Crippen MR) is 63.0 cm³/mol. The maximum absolute atomic E-state index is 13.7. The summed E-state index contributed by atoms with van der Waals surface area (Å²) in [5.74, 6) is 0.899. The fourth-order valence-electron chi connectivity index (χ4n) is 1.76. The second-order valence-corrected chi connectivity index (χ2v) is 4.52. The first kappa shape index (κ1) is 11.3. The Morgan fingerprint density at radius 1 is 1.81 bits per heavy atom. The van der Waals surface area contributed by atoms with Crippen LogP contribution in [0.3, 0.4) is 0 Å². The summed E-state index contributed by atoms with van der Waals surface area (Å²) < 4.78 is 16.1. The molecule has 1 aromatic heterocycles. The van der Waals surface area contributed by atoms with E-state index in [9.17, 15) is 9.18 Å². The van der Waals surface area contributed by atoms with Crippen LogP contribution in [0.1, 0.15) is 31.0 Å². The number of carbonyl (C=O) groups is 1. The smallest absolute Gasteiger partial charge is 0.212 e. The molecule has 2 heterocycles. The Kier molecular flexibility index (Phi) is 3.09. The van der Waals surface area contributed by atoms with Gasteiger partial charge in [-0.25, -0.2) is 9.37 Å². The number of aromatic nitrogens is 2. The molecule has 1 aliphatic rings. The van der Waals surface area contributed by atoms with E-state index in [0.717, 1.165) is 4.48 Å². The minimum Gasteiger partial charge on any atom is -0.313 e.